The van der Waals surface area contributed by atoms with Crippen molar-refractivity contribution in [2.45, 2.75) is 12.8 Å². The van der Waals surface area contributed by atoms with Crippen LogP contribution in [-0.4, -0.2) is 93.1 Å². The smallest absolute Gasteiger partial charge is 0.328 e. The van der Waals surface area contributed by atoms with E-state index in [0.29, 0.717) is 24.6 Å². The van der Waals surface area contributed by atoms with Gasteiger partial charge in [-0.25, -0.2) is 14.6 Å². The highest BCUT2D eigenvalue weighted by Gasteiger charge is 2.25. The fraction of sp³-hybridized carbons (Fsp3) is 0.391. The summed E-state index contributed by atoms with van der Waals surface area (Å²) in [5.74, 6) is -1.16. The Morgan fingerprint density at radius 2 is 1.65 bits per heavy atom. The van der Waals surface area contributed by atoms with Gasteiger partial charge in [0.25, 0.3) is 0 Å². The molecule has 2 saturated heterocycles. The Labute approximate surface area is 200 Å². The number of aromatic nitrogens is 2. The summed E-state index contributed by atoms with van der Waals surface area (Å²) >= 11 is 1.73. The molecule has 3 aromatic rings. The number of likely N-dealkylation sites (tertiary alicyclic amines) is 1. The summed E-state index contributed by atoms with van der Waals surface area (Å²) in [4.78, 5) is 44.3. The van der Waals surface area contributed by atoms with Gasteiger partial charge in [-0.15, -0.1) is 11.3 Å². The molecule has 0 aliphatic carbocycles. The van der Waals surface area contributed by atoms with E-state index in [9.17, 15) is 14.4 Å². The largest absolute Gasteiger partial charge is 0.478 e. The summed E-state index contributed by atoms with van der Waals surface area (Å²) in [6.07, 6.45) is 5.54. The lowest BCUT2D eigenvalue weighted by Gasteiger charge is -2.36. The number of hydrogen-bond donors (Lipinski definition) is 2. The minimum absolute atomic E-state index is 0.294. The number of amides is 1. The first-order valence-corrected chi connectivity index (χ1v) is 12.0. The Balaban J connectivity index is 0.000000297. The van der Waals surface area contributed by atoms with E-state index in [4.69, 9.17) is 15.2 Å². The second kappa shape index (κ2) is 10.7. The highest BCUT2D eigenvalue weighted by molar-refractivity contribution is 7.16. The van der Waals surface area contributed by atoms with Crippen LogP contribution in [0.3, 0.4) is 0 Å². The van der Waals surface area contributed by atoms with Gasteiger partial charge < -0.3 is 24.4 Å². The Kier molecular flexibility index (Phi) is 7.43. The summed E-state index contributed by atoms with van der Waals surface area (Å²) in [5.41, 5.74) is 2.22. The van der Waals surface area contributed by atoms with Crippen molar-refractivity contribution < 1.29 is 24.6 Å². The minimum atomic E-state index is -1.26. The molecule has 0 saturated carbocycles. The van der Waals surface area contributed by atoms with Crippen LogP contribution < -0.4 is 4.90 Å². The van der Waals surface area contributed by atoms with Gasteiger partial charge in [-0.3, -0.25) is 9.69 Å². The average molecular weight is 486 g/mol. The van der Waals surface area contributed by atoms with E-state index >= 15 is 0 Å². The van der Waals surface area contributed by atoms with Crippen molar-refractivity contribution >= 4 is 50.9 Å². The highest BCUT2D eigenvalue weighted by atomic mass is 32.1. The number of rotatable bonds is 5. The van der Waals surface area contributed by atoms with Crippen LogP contribution in [0.25, 0.3) is 15.9 Å². The lowest BCUT2D eigenvalue weighted by atomic mass is 10.3. The van der Waals surface area contributed by atoms with E-state index < -0.39 is 11.9 Å². The number of thiophene rings is 1. The molecule has 5 rings (SSSR count). The zero-order chi connectivity index (χ0) is 24.1. The van der Waals surface area contributed by atoms with Gasteiger partial charge >= 0.3 is 11.9 Å². The second-order valence-electron chi connectivity index (χ2n) is 8.17. The first kappa shape index (κ1) is 23.7. The van der Waals surface area contributed by atoms with E-state index in [1.54, 1.807) is 11.3 Å². The van der Waals surface area contributed by atoms with Crippen LogP contribution in [0.2, 0.25) is 0 Å². The molecule has 0 bridgehead atoms. The summed E-state index contributed by atoms with van der Waals surface area (Å²) in [7, 11) is 0. The maximum absolute atomic E-state index is 12.4. The van der Waals surface area contributed by atoms with Crippen LogP contribution in [0.1, 0.15) is 12.8 Å². The third-order valence-electron chi connectivity index (χ3n) is 5.91. The lowest BCUT2D eigenvalue weighted by molar-refractivity contribution is -0.134. The molecule has 0 atom stereocenters. The topological polar surface area (TPSA) is 119 Å². The molecule has 0 spiro atoms. The first-order chi connectivity index (χ1) is 16.4. The maximum Gasteiger partial charge on any atom is 0.328 e. The number of fused-ring (bicyclic) bond motifs is 3. The molecule has 11 heteroatoms. The predicted octanol–water partition coefficient (Wildman–Crippen LogP) is 2.01. The second-order valence-corrected chi connectivity index (χ2v) is 9.07. The molecule has 10 nitrogen and oxygen atoms in total. The SMILES string of the molecule is O=C(CN1CCN(c2nc3ccsc3n3cccc23)CC1)N1CCCC1.O=C(O)C=CC(=O)O. The van der Waals surface area contributed by atoms with E-state index in [0.717, 1.165) is 63.4 Å². The Hall–Kier alpha value is -3.44. The van der Waals surface area contributed by atoms with Crippen molar-refractivity contribution in [3.8, 4) is 0 Å². The standard InChI is InChI=1S/C19H23N5OS.C4H4O4/c25-17(22-6-1-2-7-22)14-21-9-11-23(12-10-21)18-16-4-3-8-24(16)19-15(20-18)5-13-26-19;5-3(6)1-2-4(7)8/h3-5,8,13H,1-2,6-7,9-12,14H2;1-2H,(H,5,6)(H,7,8). The molecule has 3 aromatic heterocycles. The summed E-state index contributed by atoms with van der Waals surface area (Å²) in [5, 5.41) is 17.7. The number of anilines is 1. The number of nitrogens with zero attached hydrogens (tertiary/aromatic N) is 5. The minimum Gasteiger partial charge on any atom is -0.478 e. The van der Waals surface area contributed by atoms with Crippen LogP contribution >= 0.6 is 11.3 Å². The molecular formula is C23H27N5O5S. The molecule has 5 heterocycles. The summed E-state index contributed by atoms with van der Waals surface area (Å²) in [6, 6.07) is 6.32. The van der Waals surface area contributed by atoms with Crippen molar-refractivity contribution in [3.05, 3.63) is 41.9 Å². The van der Waals surface area contributed by atoms with E-state index in [2.05, 4.69) is 44.0 Å². The number of aliphatic carboxylic acids is 2. The van der Waals surface area contributed by atoms with Crippen LogP contribution in [0.5, 0.6) is 0 Å². The molecular weight excluding hydrogens is 458 g/mol. The van der Waals surface area contributed by atoms with Crippen molar-refractivity contribution in [2.24, 2.45) is 0 Å². The van der Waals surface area contributed by atoms with Gasteiger partial charge in [-0.05, 0) is 36.4 Å². The quantitative estimate of drug-likeness (QED) is 0.527. The molecule has 2 aliphatic rings. The van der Waals surface area contributed by atoms with Gasteiger partial charge in [0.05, 0.1) is 12.1 Å². The van der Waals surface area contributed by atoms with E-state index in [1.807, 2.05) is 4.90 Å². The van der Waals surface area contributed by atoms with Gasteiger partial charge in [0, 0.05) is 57.6 Å². The van der Waals surface area contributed by atoms with Crippen LogP contribution in [0.4, 0.5) is 5.82 Å². The van der Waals surface area contributed by atoms with Gasteiger partial charge in [0.2, 0.25) is 5.91 Å². The van der Waals surface area contributed by atoms with Gasteiger partial charge in [-0.1, -0.05) is 0 Å². The normalized spacial score (nSPS) is 16.8. The van der Waals surface area contributed by atoms with Gasteiger partial charge in [-0.2, -0.15) is 0 Å². The van der Waals surface area contributed by atoms with Crippen molar-refractivity contribution in [2.75, 3.05) is 50.7 Å². The fourth-order valence-electron chi connectivity index (χ4n) is 4.22. The monoisotopic (exact) mass is 485 g/mol. The van der Waals surface area contributed by atoms with Crippen molar-refractivity contribution in [1.29, 1.82) is 0 Å². The van der Waals surface area contributed by atoms with Crippen LogP contribution in [0.15, 0.2) is 41.9 Å². The maximum atomic E-state index is 12.4. The van der Waals surface area contributed by atoms with E-state index in [1.165, 1.54) is 10.3 Å². The van der Waals surface area contributed by atoms with Crippen molar-refractivity contribution in [1.82, 2.24) is 19.2 Å². The lowest BCUT2D eigenvalue weighted by Crippen LogP contribution is -2.50. The Morgan fingerprint density at radius 3 is 2.29 bits per heavy atom. The number of carbonyl (C=O) groups excluding carboxylic acids is 1. The fourth-order valence-corrected chi connectivity index (χ4v) is 5.06. The third kappa shape index (κ3) is 5.54. The molecule has 1 amide bonds. The third-order valence-corrected chi connectivity index (χ3v) is 6.81. The predicted molar refractivity (Wildman–Crippen MR) is 129 cm³/mol. The molecule has 0 aromatic carbocycles. The summed E-state index contributed by atoms with van der Waals surface area (Å²) < 4.78 is 2.24. The number of carboxylic acid groups (broad SMARTS) is 2. The van der Waals surface area contributed by atoms with Crippen LogP contribution in [-0.2, 0) is 14.4 Å². The van der Waals surface area contributed by atoms with Crippen molar-refractivity contribution in [3.63, 3.8) is 0 Å². The number of carbonyl (C=O) groups is 3. The van der Waals surface area contributed by atoms with Gasteiger partial charge in [0.1, 0.15) is 10.3 Å². The van der Waals surface area contributed by atoms with E-state index in [-0.39, 0.29) is 0 Å². The molecule has 2 N–H and O–H groups in total. The average Bonchev–Trinajstić information content (AvgIpc) is 3.59. The van der Waals surface area contributed by atoms with Crippen LogP contribution in [0, 0.1) is 0 Å². The number of hydrogen-bond acceptors (Lipinski definition) is 7. The molecule has 0 unspecified atom stereocenters. The Morgan fingerprint density at radius 1 is 0.971 bits per heavy atom. The molecule has 2 fully saturated rings. The molecule has 0 radical (unpaired) electrons. The molecule has 34 heavy (non-hydrogen) atoms. The molecule has 180 valence electrons. The zero-order valence-electron chi connectivity index (χ0n) is 18.7. The highest BCUT2D eigenvalue weighted by Crippen LogP contribution is 2.28. The molecule has 2 aliphatic heterocycles. The zero-order valence-corrected chi connectivity index (χ0v) is 19.5. The first-order valence-electron chi connectivity index (χ1n) is 11.2. The number of piperazine rings is 1. The number of carboxylic acids is 2. The van der Waals surface area contributed by atoms with Gasteiger partial charge in [0.15, 0.2) is 5.82 Å². The Bertz CT molecular complexity index is 1190. The summed E-state index contributed by atoms with van der Waals surface area (Å²) in [6.45, 7) is 6.09.